The van der Waals surface area contributed by atoms with Crippen LogP contribution in [0.1, 0.15) is 0 Å². The van der Waals surface area contributed by atoms with Crippen LogP contribution in [0.4, 0.5) is 5.82 Å². The summed E-state index contributed by atoms with van der Waals surface area (Å²) in [6.45, 7) is -0.464. The lowest BCUT2D eigenvalue weighted by Gasteiger charge is -2.21. The normalized spacial score (nSPS) is 11.0. The number of aromatic nitrogens is 1. The summed E-state index contributed by atoms with van der Waals surface area (Å²) < 4.78 is 26.0. The van der Waals surface area contributed by atoms with Crippen molar-refractivity contribution in [3.63, 3.8) is 0 Å². The molecule has 0 spiro atoms. The van der Waals surface area contributed by atoms with E-state index in [0.29, 0.717) is 0 Å². The first kappa shape index (κ1) is 14.0. The highest BCUT2D eigenvalue weighted by molar-refractivity contribution is 7.92. The maximum absolute atomic E-state index is 12.5. The molecule has 1 aromatic carbocycles. The van der Waals surface area contributed by atoms with Gasteiger partial charge < -0.3 is 5.73 Å². The third kappa shape index (κ3) is 2.94. The Morgan fingerprint density at radius 1 is 1.10 bits per heavy atom. The van der Waals surface area contributed by atoms with Crippen molar-refractivity contribution in [2.45, 2.75) is 4.90 Å². The van der Waals surface area contributed by atoms with Gasteiger partial charge in [-0.3, -0.25) is 4.79 Å². The van der Waals surface area contributed by atoms with E-state index in [1.54, 1.807) is 30.3 Å². The summed E-state index contributed by atoms with van der Waals surface area (Å²) in [6.07, 6.45) is 1.45. The fraction of sp³-hybridized carbons (Fsp3) is 0.0769. The van der Waals surface area contributed by atoms with E-state index in [-0.39, 0.29) is 10.7 Å². The molecule has 0 saturated carbocycles. The molecule has 0 aliphatic carbocycles. The fourth-order valence-corrected chi connectivity index (χ4v) is 3.06. The summed E-state index contributed by atoms with van der Waals surface area (Å²) in [6, 6.07) is 12.6. The number of primary amides is 1. The third-order valence-corrected chi connectivity index (χ3v) is 4.30. The maximum Gasteiger partial charge on any atom is 0.265 e. The quantitative estimate of drug-likeness (QED) is 0.880. The molecule has 0 bridgehead atoms. The average molecular weight is 291 g/mol. The second kappa shape index (κ2) is 5.70. The summed E-state index contributed by atoms with van der Waals surface area (Å²) in [5, 5.41) is 0. The standard InChI is InChI=1S/C13H13N3O3S/c14-12(17)10-16(13-8-4-5-9-15-13)20(18,19)11-6-2-1-3-7-11/h1-9H,10H2,(H2,14,17). The molecule has 0 atom stereocenters. The highest BCUT2D eigenvalue weighted by atomic mass is 32.2. The Bertz CT molecular complexity index is 687. The monoisotopic (exact) mass is 291 g/mol. The highest BCUT2D eigenvalue weighted by Gasteiger charge is 2.26. The summed E-state index contributed by atoms with van der Waals surface area (Å²) >= 11 is 0. The zero-order valence-corrected chi connectivity index (χ0v) is 11.3. The number of nitrogens with zero attached hydrogens (tertiary/aromatic N) is 2. The second-order valence-corrected chi connectivity index (χ2v) is 5.84. The third-order valence-electron chi connectivity index (χ3n) is 2.54. The number of anilines is 1. The number of rotatable bonds is 5. The molecule has 0 radical (unpaired) electrons. The molecule has 0 fully saturated rings. The number of amides is 1. The first-order valence-corrected chi connectivity index (χ1v) is 7.23. The van der Waals surface area contributed by atoms with Crippen molar-refractivity contribution in [2.75, 3.05) is 10.8 Å². The lowest BCUT2D eigenvalue weighted by atomic mass is 10.4. The number of carbonyl (C=O) groups excluding carboxylic acids is 1. The van der Waals surface area contributed by atoms with Crippen LogP contribution in [0.5, 0.6) is 0 Å². The Kier molecular flexibility index (Phi) is 3.99. The van der Waals surface area contributed by atoms with Gasteiger partial charge in [-0.1, -0.05) is 24.3 Å². The molecule has 2 aromatic rings. The van der Waals surface area contributed by atoms with Crippen molar-refractivity contribution in [1.82, 2.24) is 4.98 Å². The molecule has 0 saturated heterocycles. The van der Waals surface area contributed by atoms with Gasteiger partial charge in [0.05, 0.1) is 4.90 Å². The summed E-state index contributed by atoms with van der Waals surface area (Å²) in [5.41, 5.74) is 5.13. The Labute approximate surface area is 116 Å². The SMILES string of the molecule is NC(=O)CN(c1ccccn1)S(=O)(=O)c1ccccc1. The van der Waals surface area contributed by atoms with Crippen LogP contribution in [0.2, 0.25) is 0 Å². The van der Waals surface area contributed by atoms with Gasteiger partial charge in [0.15, 0.2) is 0 Å². The van der Waals surface area contributed by atoms with Crippen molar-refractivity contribution in [2.24, 2.45) is 5.73 Å². The topological polar surface area (TPSA) is 93.4 Å². The molecule has 104 valence electrons. The Morgan fingerprint density at radius 2 is 1.75 bits per heavy atom. The van der Waals surface area contributed by atoms with Gasteiger partial charge in [0.25, 0.3) is 10.0 Å². The predicted molar refractivity (Wildman–Crippen MR) is 74.4 cm³/mol. The van der Waals surface area contributed by atoms with Crippen molar-refractivity contribution < 1.29 is 13.2 Å². The molecule has 1 aromatic heterocycles. The van der Waals surface area contributed by atoms with Crippen LogP contribution in [0.3, 0.4) is 0 Å². The number of carbonyl (C=O) groups is 1. The van der Waals surface area contributed by atoms with Gasteiger partial charge in [0.2, 0.25) is 5.91 Å². The minimum atomic E-state index is -3.88. The van der Waals surface area contributed by atoms with E-state index in [1.807, 2.05) is 0 Å². The van der Waals surface area contributed by atoms with Crippen LogP contribution in [-0.4, -0.2) is 25.9 Å². The van der Waals surface area contributed by atoms with Crippen LogP contribution in [0.15, 0.2) is 59.6 Å². The molecule has 1 heterocycles. The first-order chi connectivity index (χ1) is 9.51. The average Bonchev–Trinajstić information content (AvgIpc) is 2.46. The zero-order chi connectivity index (χ0) is 14.6. The van der Waals surface area contributed by atoms with Crippen molar-refractivity contribution in [1.29, 1.82) is 0 Å². The summed E-state index contributed by atoms with van der Waals surface area (Å²) in [5.74, 6) is -0.606. The molecular weight excluding hydrogens is 278 g/mol. The van der Waals surface area contributed by atoms with E-state index in [1.165, 1.54) is 24.4 Å². The lowest BCUT2D eigenvalue weighted by Crippen LogP contribution is -2.39. The van der Waals surface area contributed by atoms with Gasteiger partial charge in [0.1, 0.15) is 12.4 Å². The van der Waals surface area contributed by atoms with Crippen LogP contribution in [0.25, 0.3) is 0 Å². The van der Waals surface area contributed by atoms with Gasteiger partial charge in [-0.25, -0.2) is 17.7 Å². The van der Waals surface area contributed by atoms with Crippen molar-refractivity contribution in [3.8, 4) is 0 Å². The molecule has 1 amide bonds. The summed E-state index contributed by atoms with van der Waals surface area (Å²) in [7, 11) is -3.88. The number of benzene rings is 1. The van der Waals surface area contributed by atoms with Gasteiger partial charge >= 0.3 is 0 Å². The molecule has 7 heteroatoms. The van der Waals surface area contributed by atoms with Crippen molar-refractivity contribution in [3.05, 3.63) is 54.7 Å². The number of sulfonamides is 1. The Hall–Kier alpha value is -2.41. The fourth-order valence-electron chi connectivity index (χ4n) is 1.65. The lowest BCUT2D eigenvalue weighted by molar-refractivity contribution is -0.116. The molecule has 2 rings (SSSR count). The van der Waals surface area contributed by atoms with Gasteiger partial charge in [-0.15, -0.1) is 0 Å². The summed E-state index contributed by atoms with van der Waals surface area (Å²) in [4.78, 5) is 15.2. The predicted octanol–water partition coefficient (Wildman–Crippen LogP) is 0.762. The van der Waals surface area contributed by atoms with Gasteiger partial charge in [-0.05, 0) is 24.3 Å². The number of pyridine rings is 1. The van der Waals surface area contributed by atoms with Gasteiger partial charge in [-0.2, -0.15) is 0 Å². The minimum Gasteiger partial charge on any atom is -0.368 e. The maximum atomic E-state index is 12.5. The molecule has 0 aliphatic heterocycles. The smallest absolute Gasteiger partial charge is 0.265 e. The molecular formula is C13H13N3O3S. The largest absolute Gasteiger partial charge is 0.368 e. The van der Waals surface area contributed by atoms with E-state index in [9.17, 15) is 13.2 Å². The van der Waals surface area contributed by atoms with E-state index < -0.39 is 22.5 Å². The zero-order valence-electron chi connectivity index (χ0n) is 10.5. The highest BCUT2D eigenvalue weighted by Crippen LogP contribution is 2.20. The number of hydrogen-bond donors (Lipinski definition) is 1. The number of nitrogens with two attached hydrogens (primary N) is 1. The van der Waals surface area contributed by atoms with E-state index in [4.69, 9.17) is 5.73 Å². The van der Waals surface area contributed by atoms with E-state index in [2.05, 4.69) is 4.98 Å². The van der Waals surface area contributed by atoms with Crippen LogP contribution >= 0.6 is 0 Å². The Balaban J connectivity index is 2.49. The van der Waals surface area contributed by atoms with Crippen LogP contribution < -0.4 is 10.0 Å². The molecule has 6 nitrogen and oxygen atoms in total. The van der Waals surface area contributed by atoms with Crippen LogP contribution in [0, 0.1) is 0 Å². The van der Waals surface area contributed by atoms with Gasteiger partial charge in [0, 0.05) is 6.20 Å². The Morgan fingerprint density at radius 3 is 2.30 bits per heavy atom. The first-order valence-electron chi connectivity index (χ1n) is 5.79. The number of hydrogen-bond acceptors (Lipinski definition) is 4. The van der Waals surface area contributed by atoms with E-state index in [0.717, 1.165) is 4.31 Å². The molecule has 2 N–H and O–H groups in total. The molecule has 0 aliphatic rings. The van der Waals surface area contributed by atoms with Crippen LogP contribution in [-0.2, 0) is 14.8 Å². The molecule has 20 heavy (non-hydrogen) atoms. The molecule has 0 unspecified atom stereocenters. The second-order valence-electron chi connectivity index (χ2n) is 3.98. The minimum absolute atomic E-state index is 0.0758. The van der Waals surface area contributed by atoms with E-state index >= 15 is 0 Å². The van der Waals surface area contributed by atoms with Crippen molar-refractivity contribution >= 4 is 21.7 Å².